The van der Waals surface area contributed by atoms with Gasteiger partial charge in [-0.1, -0.05) is 29.8 Å². The van der Waals surface area contributed by atoms with Crippen molar-refractivity contribution in [3.05, 3.63) is 58.6 Å². The molecular formula is C23H30ClN3O2S. The topological polar surface area (TPSA) is 37.0 Å². The van der Waals surface area contributed by atoms with Gasteiger partial charge in [0.2, 0.25) is 0 Å². The molecule has 0 radical (unpaired) electrons. The second-order valence-electron chi connectivity index (χ2n) is 7.42. The van der Waals surface area contributed by atoms with Gasteiger partial charge in [-0.15, -0.1) is 0 Å². The van der Waals surface area contributed by atoms with E-state index in [-0.39, 0.29) is 0 Å². The molecule has 0 saturated carbocycles. The van der Waals surface area contributed by atoms with Crippen LogP contribution in [0, 0.1) is 6.92 Å². The molecule has 0 spiro atoms. The summed E-state index contributed by atoms with van der Waals surface area (Å²) in [6.45, 7) is 8.30. The number of morpholine rings is 1. The van der Waals surface area contributed by atoms with Crippen LogP contribution in [0.3, 0.4) is 0 Å². The molecule has 0 atom stereocenters. The number of anilines is 1. The van der Waals surface area contributed by atoms with Crippen molar-refractivity contribution < 1.29 is 9.47 Å². The molecule has 5 nitrogen and oxygen atoms in total. The van der Waals surface area contributed by atoms with Crippen molar-refractivity contribution in [1.29, 1.82) is 0 Å². The molecule has 0 aromatic heterocycles. The van der Waals surface area contributed by atoms with Gasteiger partial charge in [-0.3, -0.25) is 4.90 Å². The van der Waals surface area contributed by atoms with Crippen molar-refractivity contribution >= 4 is 34.6 Å². The molecular weight excluding hydrogens is 418 g/mol. The van der Waals surface area contributed by atoms with Gasteiger partial charge in [0.15, 0.2) is 5.11 Å². The van der Waals surface area contributed by atoms with E-state index in [0.29, 0.717) is 5.11 Å². The van der Waals surface area contributed by atoms with Crippen LogP contribution in [-0.4, -0.2) is 61.4 Å². The normalized spacial score (nSPS) is 14.4. The number of thiocarbonyl (C=S) groups is 1. The molecule has 1 heterocycles. The highest BCUT2D eigenvalue weighted by Crippen LogP contribution is 2.23. The molecule has 1 aliphatic heterocycles. The molecule has 1 aliphatic rings. The first kappa shape index (κ1) is 22.8. The Morgan fingerprint density at radius 2 is 1.93 bits per heavy atom. The molecule has 7 heteroatoms. The van der Waals surface area contributed by atoms with Crippen molar-refractivity contribution in [1.82, 2.24) is 9.80 Å². The van der Waals surface area contributed by atoms with Gasteiger partial charge in [-0.05, 0) is 61.0 Å². The summed E-state index contributed by atoms with van der Waals surface area (Å²) in [6, 6.07) is 14.0. The van der Waals surface area contributed by atoms with Gasteiger partial charge < -0.3 is 19.7 Å². The van der Waals surface area contributed by atoms with Gasteiger partial charge >= 0.3 is 0 Å². The van der Waals surface area contributed by atoms with Crippen molar-refractivity contribution in [2.75, 3.05) is 51.8 Å². The number of hydrogen-bond acceptors (Lipinski definition) is 4. The number of halogens is 1. The molecule has 162 valence electrons. The molecule has 0 unspecified atom stereocenters. The second kappa shape index (κ2) is 11.5. The van der Waals surface area contributed by atoms with Crippen molar-refractivity contribution in [3.63, 3.8) is 0 Å². The smallest absolute Gasteiger partial charge is 0.173 e. The zero-order valence-electron chi connectivity index (χ0n) is 17.7. The van der Waals surface area contributed by atoms with E-state index in [4.69, 9.17) is 33.3 Å². The summed E-state index contributed by atoms with van der Waals surface area (Å²) in [7, 11) is 1.68. The minimum Gasteiger partial charge on any atom is -0.497 e. The average molecular weight is 448 g/mol. The first-order valence-corrected chi connectivity index (χ1v) is 11.1. The van der Waals surface area contributed by atoms with Gasteiger partial charge in [0.1, 0.15) is 5.75 Å². The minimum atomic E-state index is 0.707. The van der Waals surface area contributed by atoms with E-state index in [0.717, 1.165) is 74.4 Å². The highest BCUT2D eigenvalue weighted by molar-refractivity contribution is 7.80. The Kier molecular flexibility index (Phi) is 8.75. The first-order chi connectivity index (χ1) is 14.6. The molecule has 0 amide bonds. The third-order valence-electron chi connectivity index (χ3n) is 5.34. The summed E-state index contributed by atoms with van der Waals surface area (Å²) in [5.74, 6) is 0.855. The summed E-state index contributed by atoms with van der Waals surface area (Å²) in [6.07, 6.45) is 1.03. The Hall–Kier alpha value is -1.86. The molecule has 2 aromatic carbocycles. The van der Waals surface area contributed by atoms with E-state index in [1.54, 1.807) is 7.11 Å². The number of ether oxygens (including phenoxy) is 2. The molecule has 0 aliphatic carbocycles. The maximum Gasteiger partial charge on any atom is 0.173 e. The Morgan fingerprint density at radius 3 is 2.63 bits per heavy atom. The highest BCUT2D eigenvalue weighted by Gasteiger charge is 2.15. The van der Waals surface area contributed by atoms with E-state index in [1.807, 2.05) is 37.3 Å². The zero-order chi connectivity index (χ0) is 21.3. The standard InChI is InChI=1S/C23H30ClN3O2S/c1-18-21(24)5-3-6-22(18)25-23(30)27(12-4-11-26-13-15-29-16-14-26)17-19-7-9-20(28-2)10-8-19/h3,5-10H,4,11-17H2,1-2H3,(H,25,30). The maximum atomic E-state index is 6.28. The molecule has 1 N–H and O–H groups in total. The third kappa shape index (κ3) is 6.57. The Bertz CT molecular complexity index is 826. The van der Waals surface area contributed by atoms with Crippen LogP contribution in [-0.2, 0) is 11.3 Å². The molecule has 1 saturated heterocycles. The molecule has 30 heavy (non-hydrogen) atoms. The van der Waals surface area contributed by atoms with Crippen LogP contribution in [0.25, 0.3) is 0 Å². The molecule has 1 fully saturated rings. The Balaban J connectivity index is 1.66. The van der Waals surface area contributed by atoms with Crippen LogP contribution in [0.4, 0.5) is 5.69 Å². The lowest BCUT2D eigenvalue weighted by atomic mass is 10.2. The largest absolute Gasteiger partial charge is 0.497 e. The number of rotatable bonds is 8. The fraction of sp³-hybridized carbons (Fsp3) is 0.435. The second-order valence-corrected chi connectivity index (χ2v) is 8.21. The van der Waals surface area contributed by atoms with Crippen LogP contribution in [0.15, 0.2) is 42.5 Å². The lowest BCUT2D eigenvalue weighted by Gasteiger charge is -2.30. The number of methoxy groups -OCH3 is 1. The Labute approximate surface area is 189 Å². The van der Waals surface area contributed by atoms with Gasteiger partial charge in [0, 0.05) is 43.4 Å². The summed E-state index contributed by atoms with van der Waals surface area (Å²) in [5.41, 5.74) is 3.13. The van der Waals surface area contributed by atoms with Gasteiger partial charge in [0.25, 0.3) is 0 Å². The molecule has 2 aromatic rings. The predicted octanol–water partition coefficient (Wildman–Crippen LogP) is 4.58. The van der Waals surface area contributed by atoms with Crippen LogP contribution >= 0.6 is 23.8 Å². The van der Waals surface area contributed by atoms with E-state index >= 15 is 0 Å². The summed E-state index contributed by atoms with van der Waals surface area (Å²) >= 11 is 12.1. The minimum absolute atomic E-state index is 0.707. The van der Waals surface area contributed by atoms with E-state index < -0.39 is 0 Å². The van der Waals surface area contributed by atoms with Crippen molar-refractivity contribution in [2.24, 2.45) is 0 Å². The number of nitrogens with zero attached hydrogens (tertiary/aromatic N) is 2. The first-order valence-electron chi connectivity index (χ1n) is 10.3. The Morgan fingerprint density at radius 1 is 1.20 bits per heavy atom. The van der Waals surface area contributed by atoms with E-state index in [1.165, 1.54) is 5.56 Å². The fourth-order valence-corrected chi connectivity index (χ4v) is 3.89. The van der Waals surface area contributed by atoms with Gasteiger partial charge in [-0.2, -0.15) is 0 Å². The third-order valence-corrected chi connectivity index (χ3v) is 6.10. The van der Waals surface area contributed by atoms with E-state index in [2.05, 4.69) is 27.2 Å². The highest BCUT2D eigenvalue weighted by atomic mass is 35.5. The molecule has 3 rings (SSSR count). The van der Waals surface area contributed by atoms with Crippen LogP contribution in [0.2, 0.25) is 5.02 Å². The SMILES string of the molecule is COc1ccc(CN(CCCN2CCOCC2)C(=S)Nc2cccc(Cl)c2C)cc1. The molecule has 0 bridgehead atoms. The van der Waals surface area contributed by atoms with Crippen LogP contribution < -0.4 is 10.1 Å². The van der Waals surface area contributed by atoms with Crippen molar-refractivity contribution in [2.45, 2.75) is 19.9 Å². The quantitative estimate of drug-likeness (QED) is 0.597. The fourth-order valence-electron chi connectivity index (χ4n) is 3.45. The lowest BCUT2D eigenvalue weighted by Crippen LogP contribution is -2.40. The number of nitrogens with one attached hydrogen (secondary N) is 1. The maximum absolute atomic E-state index is 6.28. The number of benzene rings is 2. The number of hydrogen-bond donors (Lipinski definition) is 1. The summed E-state index contributed by atoms with van der Waals surface area (Å²) in [5, 5.41) is 4.84. The summed E-state index contributed by atoms with van der Waals surface area (Å²) in [4.78, 5) is 4.67. The zero-order valence-corrected chi connectivity index (χ0v) is 19.3. The van der Waals surface area contributed by atoms with Gasteiger partial charge in [-0.25, -0.2) is 0 Å². The van der Waals surface area contributed by atoms with E-state index in [9.17, 15) is 0 Å². The van der Waals surface area contributed by atoms with Crippen LogP contribution in [0.1, 0.15) is 17.5 Å². The lowest BCUT2D eigenvalue weighted by molar-refractivity contribution is 0.0368. The monoisotopic (exact) mass is 447 g/mol. The van der Waals surface area contributed by atoms with Gasteiger partial charge in [0.05, 0.1) is 20.3 Å². The summed E-state index contributed by atoms with van der Waals surface area (Å²) < 4.78 is 10.7. The van der Waals surface area contributed by atoms with Crippen LogP contribution in [0.5, 0.6) is 5.75 Å². The van der Waals surface area contributed by atoms with Crippen molar-refractivity contribution in [3.8, 4) is 5.75 Å². The average Bonchev–Trinajstić information content (AvgIpc) is 2.77. The predicted molar refractivity (Wildman–Crippen MR) is 128 cm³/mol.